The summed E-state index contributed by atoms with van der Waals surface area (Å²) in [6.45, 7) is 0.671. The second-order valence-electron chi connectivity index (χ2n) is 4.08. The molecule has 2 rings (SSSR count). The number of carbonyl (C=O) groups excluding carboxylic acids is 2. The lowest BCUT2D eigenvalue weighted by Gasteiger charge is -2.26. The molecule has 1 aromatic carbocycles. The van der Waals surface area contributed by atoms with Crippen LogP contribution in [-0.2, 0) is 16.0 Å². The molecule has 1 fully saturated rings. The van der Waals surface area contributed by atoms with Gasteiger partial charge >= 0.3 is 0 Å². The largest absolute Gasteiger partial charge is 0.345 e. The standard InChI is InChI=1S/C12H12Cl2N2O2/c13-9-2-1-8(10(14)5-9)3-4-16-7-11(17)15-6-12(16)18/h1-2,5H,3-4,6-7H2,(H,15,17). The number of hydrogen-bond acceptors (Lipinski definition) is 2. The Labute approximate surface area is 115 Å². The fraction of sp³-hybridized carbons (Fsp3) is 0.333. The van der Waals surface area contributed by atoms with Gasteiger partial charge in [0.15, 0.2) is 0 Å². The monoisotopic (exact) mass is 286 g/mol. The highest BCUT2D eigenvalue weighted by molar-refractivity contribution is 6.35. The van der Waals surface area contributed by atoms with E-state index in [1.165, 1.54) is 4.90 Å². The van der Waals surface area contributed by atoms with Crippen LogP contribution in [0.15, 0.2) is 18.2 Å². The van der Waals surface area contributed by atoms with Gasteiger partial charge in [0.1, 0.15) is 0 Å². The molecule has 1 heterocycles. The average Bonchev–Trinajstić information content (AvgIpc) is 2.32. The Bertz CT molecular complexity index is 491. The van der Waals surface area contributed by atoms with Gasteiger partial charge in [0.2, 0.25) is 11.8 Å². The van der Waals surface area contributed by atoms with Gasteiger partial charge in [-0.3, -0.25) is 9.59 Å². The van der Waals surface area contributed by atoms with Crippen molar-refractivity contribution >= 4 is 35.0 Å². The van der Waals surface area contributed by atoms with Gasteiger partial charge in [-0.25, -0.2) is 0 Å². The van der Waals surface area contributed by atoms with Crippen molar-refractivity contribution in [2.75, 3.05) is 19.6 Å². The molecule has 0 atom stereocenters. The minimum Gasteiger partial charge on any atom is -0.345 e. The summed E-state index contributed by atoms with van der Waals surface area (Å²) in [5.41, 5.74) is 0.917. The van der Waals surface area contributed by atoms with Crippen LogP contribution in [0.5, 0.6) is 0 Å². The SMILES string of the molecule is O=C1CN(CCc2ccc(Cl)cc2Cl)C(=O)CN1. The van der Waals surface area contributed by atoms with E-state index in [1.54, 1.807) is 12.1 Å². The van der Waals surface area contributed by atoms with Crippen LogP contribution in [0.25, 0.3) is 0 Å². The lowest BCUT2D eigenvalue weighted by atomic mass is 10.1. The number of hydrogen-bond donors (Lipinski definition) is 1. The van der Waals surface area contributed by atoms with Crippen LogP contribution in [0.3, 0.4) is 0 Å². The van der Waals surface area contributed by atoms with Crippen molar-refractivity contribution in [1.82, 2.24) is 10.2 Å². The summed E-state index contributed by atoms with van der Waals surface area (Å²) >= 11 is 11.9. The molecule has 0 bridgehead atoms. The van der Waals surface area contributed by atoms with Gasteiger partial charge in [0, 0.05) is 16.6 Å². The Balaban J connectivity index is 1.98. The van der Waals surface area contributed by atoms with Crippen molar-refractivity contribution < 1.29 is 9.59 Å². The summed E-state index contributed by atoms with van der Waals surface area (Å²) in [7, 11) is 0. The molecule has 0 aliphatic carbocycles. The number of amides is 2. The smallest absolute Gasteiger partial charge is 0.242 e. The van der Waals surface area contributed by atoms with Crippen molar-refractivity contribution in [2.45, 2.75) is 6.42 Å². The van der Waals surface area contributed by atoms with E-state index >= 15 is 0 Å². The molecule has 1 N–H and O–H groups in total. The Kier molecular flexibility index (Phi) is 4.09. The average molecular weight is 287 g/mol. The highest BCUT2D eigenvalue weighted by Crippen LogP contribution is 2.21. The van der Waals surface area contributed by atoms with Gasteiger partial charge in [-0.2, -0.15) is 0 Å². The molecule has 4 nitrogen and oxygen atoms in total. The van der Waals surface area contributed by atoms with Gasteiger partial charge in [0.25, 0.3) is 0 Å². The van der Waals surface area contributed by atoms with Crippen LogP contribution in [0, 0.1) is 0 Å². The maximum Gasteiger partial charge on any atom is 0.242 e. The van der Waals surface area contributed by atoms with E-state index in [0.29, 0.717) is 23.0 Å². The Morgan fingerprint density at radius 1 is 1.28 bits per heavy atom. The summed E-state index contributed by atoms with van der Waals surface area (Å²) in [5.74, 6) is -0.198. The molecule has 1 aliphatic rings. The van der Waals surface area contributed by atoms with Crippen LogP contribution in [-0.4, -0.2) is 36.3 Å². The van der Waals surface area contributed by atoms with E-state index in [9.17, 15) is 9.59 Å². The zero-order chi connectivity index (χ0) is 13.1. The third-order valence-corrected chi connectivity index (χ3v) is 3.38. The fourth-order valence-corrected chi connectivity index (χ4v) is 2.29. The molecule has 96 valence electrons. The number of rotatable bonds is 3. The van der Waals surface area contributed by atoms with Gasteiger partial charge in [-0.05, 0) is 24.1 Å². The fourth-order valence-electron chi connectivity index (χ4n) is 1.79. The normalized spacial score (nSPS) is 15.8. The van der Waals surface area contributed by atoms with Crippen molar-refractivity contribution in [3.8, 4) is 0 Å². The summed E-state index contributed by atoms with van der Waals surface area (Å²) < 4.78 is 0. The zero-order valence-electron chi connectivity index (χ0n) is 9.58. The molecule has 1 saturated heterocycles. The molecular weight excluding hydrogens is 275 g/mol. The summed E-state index contributed by atoms with van der Waals surface area (Å²) in [6, 6.07) is 5.26. The summed E-state index contributed by atoms with van der Waals surface area (Å²) in [6.07, 6.45) is 0.606. The Hall–Kier alpha value is -1.26. The molecule has 0 aromatic heterocycles. The van der Waals surface area contributed by atoms with Crippen LogP contribution in [0.1, 0.15) is 5.56 Å². The van der Waals surface area contributed by atoms with Crippen LogP contribution >= 0.6 is 23.2 Å². The number of halogens is 2. The lowest BCUT2D eigenvalue weighted by molar-refractivity contribution is -0.140. The predicted octanol–water partition coefficient (Wildman–Crippen LogP) is 1.49. The number of nitrogens with one attached hydrogen (secondary N) is 1. The van der Waals surface area contributed by atoms with Gasteiger partial charge in [0.05, 0.1) is 13.1 Å². The molecule has 18 heavy (non-hydrogen) atoms. The van der Waals surface area contributed by atoms with Crippen molar-refractivity contribution in [3.63, 3.8) is 0 Å². The molecule has 6 heteroatoms. The van der Waals surface area contributed by atoms with Crippen LogP contribution in [0.2, 0.25) is 10.0 Å². The molecule has 0 unspecified atom stereocenters. The number of piperazine rings is 1. The first kappa shape index (κ1) is 13.2. The molecule has 1 aliphatic heterocycles. The minimum atomic E-state index is -0.128. The predicted molar refractivity (Wildman–Crippen MR) is 69.8 cm³/mol. The first-order valence-corrected chi connectivity index (χ1v) is 6.30. The molecular formula is C12H12Cl2N2O2. The van der Waals surface area contributed by atoms with E-state index in [0.717, 1.165) is 5.56 Å². The van der Waals surface area contributed by atoms with Gasteiger partial charge in [-0.15, -0.1) is 0 Å². The quantitative estimate of drug-likeness (QED) is 0.915. The molecule has 0 spiro atoms. The number of nitrogens with zero attached hydrogens (tertiary/aromatic N) is 1. The summed E-state index contributed by atoms with van der Waals surface area (Å²) in [4.78, 5) is 24.3. The van der Waals surface area contributed by atoms with Gasteiger partial charge in [-0.1, -0.05) is 29.3 Å². The third kappa shape index (κ3) is 3.15. The topological polar surface area (TPSA) is 49.4 Å². The Morgan fingerprint density at radius 3 is 2.78 bits per heavy atom. The highest BCUT2D eigenvalue weighted by atomic mass is 35.5. The zero-order valence-corrected chi connectivity index (χ0v) is 11.1. The third-order valence-electron chi connectivity index (χ3n) is 2.79. The van der Waals surface area contributed by atoms with E-state index in [4.69, 9.17) is 23.2 Å². The summed E-state index contributed by atoms with van der Waals surface area (Å²) in [5, 5.41) is 3.67. The van der Waals surface area contributed by atoms with E-state index in [1.807, 2.05) is 6.07 Å². The van der Waals surface area contributed by atoms with E-state index in [2.05, 4.69) is 5.32 Å². The maximum absolute atomic E-state index is 11.6. The number of carbonyl (C=O) groups is 2. The maximum atomic E-state index is 11.6. The van der Waals surface area contributed by atoms with Crippen molar-refractivity contribution in [2.24, 2.45) is 0 Å². The minimum absolute atomic E-state index is 0.0697. The molecule has 2 amide bonds. The van der Waals surface area contributed by atoms with Gasteiger partial charge < -0.3 is 10.2 Å². The number of benzene rings is 1. The molecule has 0 saturated carbocycles. The van der Waals surface area contributed by atoms with E-state index in [-0.39, 0.29) is 24.9 Å². The Morgan fingerprint density at radius 2 is 2.06 bits per heavy atom. The first-order chi connectivity index (χ1) is 8.56. The second kappa shape index (κ2) is 5.59. The molecule has 1 aromatic rings. The highest BCUT2D eigenvalue weighted by Gasteiger charge is 2.22. The van der Waals surface area contributed by atoms with Crippen LogP contribution < -0.4 is 5.32 Å². The first-order valence-electron chi connectivity index (χ1n) is 5.54. The van der Waals surface area contributed by atoms with Crippen LogP contribution in [0.4, 0.5) is 0 Å². The van der Waals surface area contributed by atoms with Crippen molar-refractivity contribution in [1.29, 1.82) is 0 Å². The van der Waals surface area contributed by atoms with E-state index < -0.39 is 0 Å². The van der Waals surface area contributed by atoms with Crippen molar-refractivity contribution in [3.05, 3.63) is 33.8 Å². The molecule has 0 radical (unpaired) electrons. The second-order valence-corrected chi connectivity index (χ2v) is 4.92. The lowest BCUT2D eigenvalue weighted by Crippen LogP contribution is -2.52.